The maximum atomic E-state index is 12.3. The molecule has 3 heterocycles. The Labute approximate surface area is 145 Å². The first-order valence-corrected chi connectivity index (χ1v) is 9.30. The summed E-state index contributed by atoms with van der Waals surface area (Å²) < 4.78 is 0. The lowest BCUT2D eigenvalue weighted by Gasteiger charge is -2.32. The van der Waals surface area contributed by atoms with E-state index in [1.165, 1.54) is 21.3 Å². The molecule has 0 saturated carbocycles. The number of nitrogens with one attached hydrogen (secondary N) is 2. The predicted octanol–water partition coefficient (Wildman–Crippen LogP) is 4.32. The molecule has 3 aromatic rings. The van der Waals surface area contributed by atoms with E-state index in [1.54, 1.807) is 11.3 Å². The molecule has 1 saturated heterocycles. The summed E-state index contributed by atoms with van der Waals surface area (Å²) in [6, 6.07) is 12.6. The van der Waals surface area contributed by atoms with Gasteiger partial charge in [0.05, 0.1) is 6.54 Å². The Morgan fingerprint density at radius 1 is 1.21 bits per heavy atom. The number of fused-ring (bicyclic) bond motifs is 1. The number of carbonyl (C=O) groups excluding carboxylic acids is 1. The number of piperidine rings is 1. The summed E-state index contributed by atoms with van der Waals surface area (Å²) in [5.41, 5.74) is 2.59. The molecule has 0 aliphatic carbocycles. The van der Waals surface area contributed by atoms with Crippen molar-refractivity contribution in [2.75, 3.05) is 13.1 Å². The Morgan fingerprint density at radius 2 is 2.04 bits per heavy atom. The zero-order chi connectivity index (χ0) is 16.4. The third kappa shape index (κ3) is 3.04. The number of likely N-dealkylation sites (tertiary alicyclic amines) is 1. The molecule has 2 aromatic heterocycles. The molecule has 124 valence electrons. The minimum atomic E-state index is 0.0563. The first-order chi connectivity index (χ1) is 11.8. The highest BCUT2D eigenvalue weighted by Gasteiger charge is 2.25. The topological polar surface area (TPSA) is 48.1 Å². The molecular formula is C19H21N3OS. The number of aromatic amines is 1. The number of rotatable bonds is 3. The third-order valence-electron chi connectivity index (χ3n) is 4.84. The minimum Gasteiger partial charge on any atom is -0.361 e. The number of para-hydroxylation sites is 1. The van der Waals surface area contributed by atoms with Crippen molar-refractivity contribution in [3.63, 3.8) is 0 Å². The number of thiophene rings is 1. The number of nitrogens with zero attached hydrogens (tertiary/aromatic N) is 1. The van der Waals surface area contributed by atoms with Crippen molar-refractivity contribution in [2.24, 2.45) is 0 Å². The molecule has 1 aliphatic heterocycles. The molecule has 0 atom stereocenters. The van der Waals surface area contributed by atoms with Crippen LogP contribution in [0.1, 0.15) is 29.2 Å². The van der Waals surface area contributed by atoms with Crippen LogP contribution in [0.2, 0.25) is 0 Å². The lowest BCUT2D eigenvalue weighted by molar-refractivity contribution is 0.181. The van der Waals surface area contributed by atoms with Crippen molar-refractivity contribution >= 4 is 28.3 Å². The van der Waals surface area contributed by atoms with Gasteiger partial charge in [0.25, 0.3) is 0 Å². The molecule has 0 bridgehead atoms. The molecule has 0 unspecified atom stereocenters. The average molecular weight is 339 g/mol. The van der Waals surface area contributed by atoms with Crippen LogP contribution in [-0.2, 0) is 6.54 Å². The number of aromatic nitrogens is 1. The van der Waals surface area contributed by atoms with Gasteiger partial charge in [-0.3, -0.25) is 0 Å². The maximum Gasteiger partial charge on any atom is 0.317 e. The van der Waals surface area contributed by atoms with Gasteiger partial charge >= 0.3 is 6.03 Å². The van der Waals surface area contributed by atoms with E-state index in [1.807, 2.05) is 22.4 Å². The highest BCUT2D eigenvalue weighted by Crippen LogP contribution is 2.33. The van der Waals surface area contributed by atoms with Crippen LogP contribution >= 0.6 is 11.3 Å². The lowest BCUT2D eigenvalue weighted by Crippen LogP contribution is -2.43. The van der Waals surface area contributed by atoms with Crippen molar-refractivity contribution in [2.45, 2.75) is 25.3 Å². The maximum absolute atomic E-state index is 12.3. The number of benzene rings is 1. The normalized spacial score (nSPS) is 15.8. The second kappa shape index (κ2) is 6.69. The molecule has 2 N–H and O–H groups in total. The highest BCUT2D eigenvalue weighted by atomic mass is 32.1. The van der Waals surface area contributed by atoms with Gasteiger partial charge in [0.15, 0.2) is 0 Å². The quantitative estimate of drug-likeness (QED) is 0.733. The molecule has 1 aromatic carbocycles. The number of carbonyl (C=O) groups is 1. The molecule has 4 rings (SSSR count). The Balaban J connectivity index is 1.35. The average Bonchev–Trinajstić information content (AvgIpc) is 3.29. The number of hydrogen-bond donors (Lipinski definition) is 2. The van der Waals surface area contributed by atoms with E-state index in [0.717, 1.165) is 25.9 Å². The SMILES string of the molecule is O=C(NCc1cccs1)N1CCC(c2c[nH]c3ccccc23)CC1. The molecule has 4 nitrogen and oxygen atoms in total. The number of hydrogen-bond acceptors (Lipinski definition) is 2. The zero-order valence-electron chi connectivity index (χ0n) is 13.5. The van der Waals surface area contributed by atoms with Gasteiger partial charge in [0.1, 0.15) is 0 Å². The fraction of sp³-hybridized carbons (Fsp3) is 0.316. The van der Waals surface area contributed by atoms with Gasteiger partial charge in [-0.15, -0.1) is 11.3 Å². The fourth-order valence-electron chi connectivity index (χ4n) is 3.51. The summed E-state index contributed by atoms with van der Waals surface area (Å²) in [6.07, 6.45) is 4.18. The summed E-state index contributed by atoms with van der Waals surface area (Å²) in [5.74, 6) is 0.530. The molecule has 0 spiro atoms. The third-order valence-corrected chi connectivity index (χ3v) is 5.71. The lowest BCUT2D eigenvalue weighted by atomic mass is 9.89. The van der Waals surface area contributed by atoms with Crippen LogP contribution in [0.25, 0.3) is 10.9 Å². The summed E-state index contributed by atoms with van der Waals surface area (Å²) in [7, 11) is 0. The molecule has 0 radical (unpaired) electrons. The Kier molecular flexibility index (Phi) is 4.26. The van der Waals surface area contributed by atoms with E-state index in [9.17, 15) is 4.79 Å². The Morgan fingerprint density at radius 3 is 2.83 bits per heavy atom. The van der Waals surface area contributed by atoms with Gasteiger partial charge in [-0.1, -0.05) is 24.3 Å². The van der Waals surface area contributed by atoms with Crippen molar-refractivity contribution < 1.29 is 4.79 Å². The Hall–Kier alpha value is -2.27. The molecule has 2 amide bonds. The van der Waals surface area contributed by atoms with Gasteiger partial charge < -0.3 is 15.2 Å². The van der Waals surface area contributed by atoms with Crippen molar-refractivity contribution in [3.05, 3.63) is 58.4 Å². The molecule has 1 aliphatic rings. The first-order valence-electron chi connectivity index (χ1n) is 8.42. The van der Waals surface area contributed by atoms with Crippen LogP contribution in [0.4, 0.5) is 4.79 Å². The number of urea groups is 1. The van der Waals surface area contributed by atoms with Crippen LogP contribution in [0.15, 0.2) is 48.0 Å². The monoisotopic (exact) mass is 339 g/mol. The number of H-pyrrole nitrogens is 1. The molecule has 1 fully saturated rings. The van der Waals surface area contributed by atoms with E-state index < -0.39 is 0 Å². The Bertz CT molecular complexity index is 816. The first kappa shape index (κ1) is 15.3. The van der Waals surface area contributed by atoms with Gasteiger partial charge in [0.2, 0.25) is 0 Å². The van der Waals surface area contributed by atoms with E-state index >= 15 is 0 Å². The largest absolute Gasteiger partial charge is 0.361 e. The number of amides is 2. The van der Waals surface area contributed by atoms with Crippen LogP contribution in [-0.4, -0.2) is 29.0 Å². The van der Waals surface area contributed by atoms with Crippen LogP contribution in [0.3, 0.4) is 0 Å². The van der Waals surface area contributed by atoms with Crippen LogP contribution < -0.4 is 5.32 Å². The van der Waals surface area contributed by atoms with E-state index in [0.29, 0.717) is 12.5 Å². The molecule has 24 heavy (non-hydrogen) atoms. The van der Waals surface area contributed by atoms with E-state index in [2.05, 4.69) is 40.8 Å². The fourth-order valence-corrected chi connectivity index (χ4v) is 4.16. The smallest absolute Gasteiger partial charge is 0.317 e. The molecular weight excluding hydrogens is 318 g/mol. The second-order valence-corrected chi connectivity index (χ2v) is 7.32. The van der Waals surface area contributed by atoms with Crippen LogP contribution in [0, 0.1) is 0 Å². The van der Waals surface area contributed by atoms with E-state index in [-0.39, 0.29) is 6.03 Å². The summed E-state index contributed by atoms with van der Waals surface area (Å²) in [5, 5.41) is 6.38. The second-order valence-electron chi connectivity index (χ2n) is 6.29. The van der Waals surface area contributed by atoms with Gasteiger partial charge in [-0.05, 0) is 41.8 Å². The standard InChI is InChI=1S/C19H21N3OS/c23-19(21-12-15-4-3-11-24-15)22-9-7-14(8-10-22)17-13-20-18-6-2-1-5-16(17)18/h1-6,11,13-14,20H,7-10,12H2,(H,21,23). The minimum absolute atomic E-state index is 0.0563. The predicted molar refractivity (Wildman–Crippen MR) is 98.4 cm³/mol. The van der Waals surface area contributed by atoms with Crippen molar-refractivity contribution in [3.8, 4) is 0 Å². The van der Waals surface area contributed by atoms with Gasteiger partial charge in [-0.25, -0.2) is 4.79 Å². The molecule has 5 heteroatoms. The van der Waals surface area contributed by atoms with E-state index in [4.69, 9.17) is 0 Å². The van der Waals surface area contributed by atoms with Gasteiger partial charge in [-0.2, -0.15) is 0 Å². The van der Waals surface area contributed by atoms with Gasteiger partial charge in [0, 0.05) is 35.1 Å². The van der Waals surface area contributed by atoms with Crippen LogP contribution in [0.5, 0.6) is 0 Å². The van der Waals surface area contributed by atoms with Crippen molar-refractivity contribution in [1.29, 1.82) is 0 Å². The summed E-state index contributed by atoms with van der Waals surface area (Å²) in [6.45, 7) is 2.26. The summed E-state index contributed by atoms with van der Waals surface area (Å²) in [4.78, 5) is 18.8. The summed E-state index contributed by atoms with van der Waals surface area (Å²) >= 11 is 1.67. The highest BCUT2D eigenvalue weighted by molar-refractivity contribution is 7.09. The van der Waals surface area contributed by atoms with Crippen molar-refractivity contribution in [1.82, 2.24) is 15.2 Å². The zero-order valence-corrected chi connectivity index (χ0v) is 14.3.